The van der Waals surface area contributed by atoms with Crippen molar-refractivity contribution < 1.29 is 4.79 Å². The standard InChI is InChI=1S/C11H17N3O/c1-8-7-9(2)14(12-8)10(3)13-6-4-5-11(13)15/h7,10H,4-6H2,1-3H3. The van der Waals surface area contributed by atoms with Crippen LogP contribution in [0.4, 0.5) is 0 Å². The number of amides is 1. The molecule has 0 N–H and O–H groups in total. The van der Waals surface area contributed by atoms with E-state index in [1.165, 1.54) is 0 Å². The van der Waals surface area contributed by atoms with Gasteiger partial charge < -0.3 is 4.90 Å². The topological polar surface area (TPSA) is 38.1 Å². The molecule has 0 radical (unpaired) electrons. The zero-order valence-corrected chi connectivity index (χ0v) is 9.53. The maximum Gasteiger partial charge on any atom is 0.224 e. The normalized spacial score (nSPS) is 18.6. The number of aromatic nitrogens is 2. The van der Waals surface area contributed by atoms with Crippen molar-refractivity contribution in [2.75, 3.05) is 6.54 Å². The van der Waals surface area contributed by atoms with Gasteiger partial charge in [0.05, 0.1) is 5.69 Å². The summed E-state index contributed by atoms with van der Waals surface area (Å²) >= 11 is 0. The zero-order chi connectivity index (χ0) is 11.0. The van der Waals surface area contributed by atoms with Crippen LogP contribution in [-0.4, -0.2) is 27.1 Å². The van der Waals surface area contributed by atoms with E-state index in [-0.39, 0.29) is 12.1 Å². The van der Waals surface area contributed by atoms with Crippen LogP contribution in [0.25, 0.3) is 0 Å². The Kier molecular flexibility index (Phi) is 2.50. The quantitative estimate of drug-likeness (QED) is 0.739. The lowest BCUT2D eigenvalue weighted by Gasteiger charge is -2.25. The minimum Gasteiger partial charge on any atom is -0.321 e. The van der Waals surface area contributed by atoms with Crippen molar-refractivity contribution in [3.05, 3.63) is 17.5 Å². The van der Waals surface area contributed by atoms with E-state index in [0.717, 1.165) is 24.4 Å². The molecule has 4 nitrogen and oxygen atoms in total. The maximum atomic E-state index is 11.6. The van der Waals surface area contributed by atoms with Crippen molar-refractivity contribution in [1.82, 2.24) is 14.7 Å². The van der Waals surface area contributed by atoms with Crippen LogP contribution < -0.4 is 0 Å². The number of likely N-dealkylation sites (tertiary alicyclic amines) is 1. The minimum atomic E-state index is 0.0497. The van der Waals surface area contributed by atoms with Gasteiger partial charge in [0.1, 0.15) is 6.17 Å². The highest BCUT2D eigenvalue weighted by Gasteiger charge is 2.26. The molecule has 1 atom stereocenters. The van der Waals surface area contributed by atoms with E-state index in [4.69, 9.17) is 0 Å². The molecule has 1 aromatic rings. The molecule has 0 aliphatic carbocycles. The van der Waals surface area contributed by atoms with E-state index in [0.29, 0.717) is 6.42 Å². The van der Waals surface area contributed by atoms with E-state index in [9.17, 15) is 4.79 Å². The lowest BCUT2D eigenvalue weighted by Crippen LogP contribution is -2.32. The summed E-state index contributed by atoms with van der Waals surface area (Å²) in [6, 6.07) is 2.04. The van der Waals surface area contributed by atoms with E-state index in [1.54, 1.807) is 0 Å². The van der Waals surface area contributed by atoms with Crippen LogP contribution in [0.5, 0.6) is 0 Å². The minimum absolute atomic E-state index is 0.0497. The molecule has 4 heteroatoms. The summed E-state index contributed by atoms with van der Waals surface area (Å²) in [5.41, 5.74) is 2.12. The Bertz CT molecular complexity index is 383. The first-order valence-electron chi connectivity index (χ1n) is 5.42. The SMILES string of the molecule is Cc1cc(C)n(C(C)N2CCCC2=O)n1. The second-order valence-electron chi connectivity index (χ2n) is 4.19. The molecule has 1 aliphatic rings. The van der Waals surface area contributed by atoms with Crippen LogP contribution in [-0.2, 0) is 4.79 Å². The number of rotatable bonds is 2. The Balaban J connectivity index is 2.23. The molecule has 0 spiro atoms. The van der Waals surface area contributed by atoms with Crippen molar-refractivity contribution in [3.8, 4) is 0 Å². The molecule has 0 bridgehead atoms. The maximum absolute atomic E-state index is 11.6. The first-order chi connectivity index (χ1) is 7.09. The van der Waals surface area contributed by atoms with E-state index in [1.807, 2.05) is 36.4 Å². The molecule has 2 heterocycles. The highest BCUT2D eigenvalue weighted by molar-refractivity contribution is 5.78. The molecule has 1 fully saturated rings. The summed E-state index contributed by atoms with van der Waals surface area (Å²) in [7, 11) is 0. The molecule has 1 aromatic heterocycles. The fourth-order valence-electron chi connectivity index (χ4n) is 2.22. The van der Waals surface area contributed by atoms with Gasteiger partial charge in [-0.3, -0.25) is 4.79 Å². The Labute approximate surface area is 89.9 Å². The van der Waals surface area contributed by atoms with Gasteiger partial charge in [0.15, 0.2) is 0 Å². The van der Waals surface area contributed by atoms with Gasteiger partial charge in [-0.1, -0.05) is 0 Å². The van der Waals surface area contributed by atoms with E-state index in [2.05, 4.69) is 5.10 Å². The highest BCUT2D eigenvalue weighted by atomic mass is 16.2. The predicted molar refractivity (Wildman–Crippen MR) is 57.4 cm³/mol. The number of hydrogen-bond donors (Lipinski definition) is 0. The van der Waals surface area contributed by atoms with Crippen LogP contribution in [0.1, 0.15) is 37.3 Å². The third kappa shape index (κ3) is 1.76. The first kappa shape index (κ1) is 10.2. The molecule has 1 saturated heterocycles. The number of hydrogen-bond acceptors (Lipinski definition) is 2. The van der Waals surface area contributed by atoms with Crippen LogP contribution >= 0.6 is 0 Å². The largest absolute Gasteiger partial charge is 0.321 e. The van der Waals surface area contributed by atoms with Gasteiger partial charge in [0.2, 0.25) is 5.91 Å². The number of nitrogens with zero attached hydrogens (tertiary/aromatic N) is 3. The molecule has 0 saturated carbocycles. The summed E-state index contributed by atoms with van der Waals surface area (Å²) in [5, 5.41) is 4.41. The number of carbonyl (C=O) groups excluding carboxylic acids is 1. The molecule has 0 aromatic carbocycles. The average molecular weight is 207 g/mol. The third-order valence-corrected chi connectivity index (χ3v) is 2.96. The van der Waals surface area contributed by atoms with Crippen molar-refractivity contribution >= 4 is 5.91 Å². The summed E-state index contributed by atoms with van der Waals surface area (Å²) in [6.45, 7) is 6.89. The van der Waals surface area contributed by atoms with Crippen LogP contribution in [0, 0.1) is 13.8 Å². The van der Waals surface area contributed by atoms with Gasteiger partial charge in [0, 0.05) is 18.7 Å². The molecule has 82 valence electrons. The van der Waals surface area contributed by atoms with Crippen molar-refractivity contribution in [2.45, 2.75) is 39.8 Å². The molecular formula is C11H17N3O. The van der Waals surface area contributed by atoms with Crippen LogP contribution in [0.2, 0.25) is 0 Å². The average Bonchev–Trinajstić information content (AvgIpc) is 2.71. The van der Waals surface area contributed by atoms with Crippen molar-refractivity contribution in [3.63, 3.8) is 0 Å². The smallest absolute Gasteiger partial charge is 0.224 e. The Morgan fingerprint density at radius 2 is 2.20 bits per heavy atom. The Hall–Kier alpha value is -1.32. The second kappa shape index (κ2) is 3.68. The molecule has 1 unspecified atom stereocenters. The lowest BCUT2D eigenvalue weighted by molar-refractivity contribution is -0.131. The number of carbonyl (C=O) groups is 1. The predicted octanol–water partition coefficient (Wildman–Crippen LogP) is 1.64. The molecule has 2 rings (SSSR count). The second-order valence-corrected chi connectivity index (χ2v) is 4.19. The highest BCUT2D eigenvalue weighted by Crippen LogP contribution is 2.21. The van der Waals surface area contributed by atoms with Crippen LogP contribution in [0.15, 0.2) is 6.07 Å². The Morgan fingerprint density at radius 3 is 2.67 bits per heavy atom. The van der Waals surface area contributed by atoms with Gasteiger partial charge >= 0.3 is 0 Å². The first-order valence-corrected chi connectivity index (χ1v) is 5.42. The fourth-order valence-corrected chi connectivity index (χ4v) is 2.22. The van der Waals surface area contributed by atoms with E-state index >= 15 is 0 Å². The summed E-state index contributed by atoms with van der Waals surface area (Å²) < 4.78 is 1.93. The van der Waals surface area contributed by atoms with Gasteiger partial charge in [-0.15, -0.1) is 0 Å². The van der Waals surface area contributed by atoms with Crippen molar-refractivity contribution in [1.29, 1.82) is 0 Å². The van der Waals surface area contributed by atoms with Gasteiger partial charge in [-0.25, -0.2) is 4.68 Å². The van der Waals surface area contributed by atoms with Gasteiger partial charge in [-0.05, 0) is 33.3 Å². The molecular weight excluding hydrogens is 190 g/mol. The molecule has 1 amide bonds. The van der Waals surface area contributed by atoms with Gasteiger partial charge in [-0.2, -0.15) is 5.10 Å². The lowest BCUT2D eigenvalue weighted by atomic mass is 10.4. The third-order valence-electron chi connectivity index (χ3n) is 2.96. The fraction of sp³-hybridized carbons (Fsp3) is 0.636. The molecule has 15 heavy (non-hydrogen) atoms. The van der Waals surface area contributed by atoms with Crippen molar-refractivity contribution in [2.24, 2.45) is 0 Å². The van der Waals surface area contributed by atoms with Gasteiger partial charge in [0.25, 0.3) is 0 Å². The monoisotopic (exact) mass is 207 g/mol. The van der Waals surface area contributed by atoms with E-state index < -0.39 is 0 Å². The number of aryl methyl sites for hydroxylation is 2. The van der Waals surface area contributed by atoms with Crippen LogP contribution in [0.3, 0.4) is 0 Å². The summed E-state index contributed by atoms with van der Waals surface area (Å²) in [5.74, 6) is 0.245. The summed E-state index contributed by atoms with van der Waals surface area (Å²) in [6.07, 6.45) is 1.71. The Morgan fingerprint density at radius 1 is 1.47 bits per heavy atom. The molecule has 1 aliphatic heterocycles. The zero-order valence-electron chi connectivity index (χ0n) is 9.53. The summed E-state index contributed by atoms with van der Waals surface area (Å²) in [4.78, 5) is 13.5.